The molecule has 2 aromatic carbocycles. The summed E-state index contributed by atoms with van der Waals surface area (Å²) in [6, 6.07) is 9.89. The number of alkyl halides is 3. The van der Waals surface area contributed by atoms with Gasteiger partial charge in [0.2, 0.25) is 27.8 Å². The van der Waals surface area contributed by atoms with E-state index >= 15 is 0 Å². The molecule has 4 aromatic rings. The molecule has 1 saturated heterocycles. The SMILES string of the molecule is Cc1ccc2c(NS(=O)(=O)CCC(C)(F)F)c(F)ccc2c1Oc1ncccc1-c1ccnc(N[C@@H]2C[C@@H](F)CN(C(=O)O)C2)n1. The van der Waals surface area contributed by atoms with Crippen LogP contribution in [0, 0.1) is 12.7 Å². The number of likely N-dealkylation sites (tertiary alicyclic amines) is 1. The van der Waals surface area contributed by atoms with Crippen molar-refractivity contribution >= 4 is 38.5 Å². The van der Waals surface area contributed by atoms with Crippen LogP contribution in [-0.2, 0) is 10.0 Å². The molecule has 2 atom stereocenters. The van der Waals surface area contributed by atoms with Gasteiger partial charge in [-0.2, -0.15) is 0 Å². The van der Waals surface area contributed by atoms with Gasteiger partial charge in [0.25, 0.3) is 0 Å². The molecule has 244 valence electrons. The number of piperidine rings is 1. The minimum atomic E-state index is -4.33. The second-order valence-electron chi connectivity index (χ2n) is 11.1. The molecule has 0 spiro atoms. The van der Waals surface area contributed by atoms with Crippen molar-refractivity contribution in [1.29, 1.82) is 0 Å². The van der Waals surface area contributed by atoms with Crippen LogP contribution in [0.1, 0.15) is 25.3 Å². The van der Waals surface area contributed by atoms with Crippen molar-refractivity contribution in [3.8, 4) is 22.9 Å². The Kier molecular flexibility index (Phi) is 9.19. The number of aryl methyl sites for hydroxylation is 1. The van der Waals surface area contributed by atoms with E-state index < -0.39 is 57.9 Å². The normalized spacial score (nSPS) is 17.1. The number of pyridine rings is 1. The number of hydrogen-bond acceptors (Lipinski definition) is 8. The third-order valence-electron chi connectivity index (χ3n) is 7.27. The monoisotopic (exact) mass is 662 g/mol. The van der Waals surface area contributed by atoms with Crippen LogP contribution < -0.4 is 14.8 Å². The first-order valence-corrected chi connectivity index (χ1v) is 15.8. The fourth-order valence-electron chi connectivity index (χ4n) is 5.04. The molecule has 1 aliphatic heterocycles. The topological polar surface area (TPSA) is 147 Å². The Bertz CT molecular complexity index is 1870. The van der Waals surface area contributed by atoms with Gasteiger partial charge in [-0.25, -0.2) is 45.7 Å². The second kappa shape index (κ2) is 12.9. The lowest BCUT2D eigenvalue weighted by atomic mass is 10.0. The Hall–Kier alpha value is -4.73. The predicted octanol–water partition coefficient (Wildman–Crippen LogP) is 6.22. The van der Waals surface area contributed by atoms with E-state index in [1.807, 2.05) is 0 Å². The number of sulfonamides is 1. The molecule has 0 unspecified atom stereocenters. The summed E-state index contributed by atoms with van der Waals surface area (Å²) in [5.41, 5.74) is 0.982. The van der Waals surface area contributed by atoms with Crippen molar-refractivity contribution in [3.05, 3.63) is 66.2 Å². The lowest BCUT2D eigenvalue weighted by Gasteiger charge is -2.33. The maximum absolute atomic E-state index is 15.0. The number of benzene rings is 2. The molecule has 3 heterocycles. The summed E-state index contributed by atoms with van der Waals surface area (Å²) >= 11 is 0. The number of amides is 1. The summed E-state index contributed by atoms with van der Waals surface area (Å²) in [5.74, 6) is -4.58. The Balaban J connectivity index is 1.45. The van der Waals surface area contributed by atoms with Gasteiger partial charge in [0, 0.05) is 48.6 Å². The Labute approximate surface area is 261 Å². The molecule has 2 aromatic heterocycles. The Morgan fingerprint density at radius 1 is 1.11 bits per heavy atom. The van der Waals surface area contributed by atoms with Crippen molar-refractivity contribution in [2.24, 2.45) is 0 Å². The maximum Gasteiger partial charge on any atom is 0.407 e. The van der Waals surface area contributed by atoms with Crippen LogP contribution in [-0.4, -0.2) is 76.4 Å². The summed E-state index contributed by atoms with van der Waals surface area (Å²) in [5, 5.41) is 12.8. The highest BCUT2D eigenvalue weighted by Crippen LogP contribution is 2.40. The van der Waals surface area contributed by atoms with E-state index in [9.17, 15) is 35.9 Å². The van der Waals surface area contributed by atoms with Crippen LogP contribution in [0.5, 0.6) is 11.6 Å². The fraction of sp³-hybridized carbons (Fsp3) is 0.333. The fourth-order valence-corrected chi connectivity index (χ4v) is 6.29. The Morgan fingerprint density at radius 2 is 1.87 bits per heavy atom. The number of ether oxygens (including phenoxy) is 1. The van der Waals surface area contributed by atoms with Crippen molar-refractivity contribution in [3.63, 3.8) is 0 Å². The van der Waals surface area contributed by atoms with Crippen LogP contribution in [0.25, 0.3) is 22.0 Å². The van der Waals surface area contributed by atoms with Crippen LogP contribution in [0.2, 0.25) is 0 Å². The lowest BCUT2D eigenvalue weighted by molar-refractivity contribution is 0.0189. The summed E-state index contributed by atoms with van der Waals surface area (Å²) in [4.78, 5) is 25.4. The van der Waals surface area contributed by atoms with Crippen LogP contribution >= 0.6 is 0 Å². The van der Waals surface area contributed by atoms with E-state index in [2.05, 4.69) is 25.0 Å². The average molecular weight is 663 g/mol. The van der Waals surface area contributed by atoms with Gasteiger partial charge < -0.3 is 20.1 Å². The summed E-state index contributed by atoms with van der Waals surface area (Å²) in [6.45, 7) is 2.17. The standard InChI is InChI=1S/C30H30F4N6O5S/c1-17-5-6-20-21(7-8-23(32)25(20)39-46(43,44)13-10-30(2,33)34)26(17)45-27-22(4-3-11-35-27)24-9-12-36-28(38-24)37-19-14-18(31)15-40(16-19)29(41)42/h3-9,11-12,18-19,39H,10,13-16H2,1-2H3,(H,41,42)(H,36,37,38)/t18-,19-/m1/s1. The number of hydrogen-bond donors (Lipinski definition) is 3. The summed E-state index contributed by atoms with van der Waals surface area (Å²) in [6.07, 6.45) is -0.501. The van der Waals surface area contributed by atoms with Gasteiger partial charge in [-0.05, 0) is 49.7 Å². The number of rotatable bonds is 10. The maximum atomic E-state index is 15.0. The van der Waals surface area contributed by atoms with E-state index in [-0.39, 0.29) is 42.5 Å². The van der Waals surface area contributed by atoms with Gasteiger partial charge in [-0.15, -0.1) is 0 Å². The first-order valence-electron chi connectivity index (χ1n) is 14.1. The number of halogens is 4. The second-order valence-corrected chi connectivity index (χ2v) is 12.9. The van der Waals surface area contributed by atoms with Crippen molar-refractivity contribution < 1.29 is 40.6 Å². The molecule has 1 amide bonds. The molecule has 46 heavy (non-hydrogen) atoms. The molecule has 0 radical (unpaired) electrons. The highest BCUT2D eigenvalue weighted by Gasteiger charge is 2.30. The number of carboxylic acid groups (broad SMARTS) is 1. The van der Waals surface area contributed by atoms with E-state index in [0.717, 1.165) is 11.0 Å². The first-order chi connectivity index (χ1) is 21.7. The van der Waals surface area contributed by atoms with E-state index in [4.69, 9.17) is 4.74 Å². The number of carbonyl (C=O) groups is 1. The lowest BCUT2D eigenvalue weighted by Crippen LogP contribution is -2.49. The number of fused-ring (bicyclic) bond motifs is 1. The largest absolute Gasteiger partial charge is 0.465 e. The summed E-state index contributed by atoms with van der Waals surface area (Å²) < 4.78 is 89.4. The molecule has 0 saturated carbocycles. The van der Waals surface area contributed by atoms with E-state index in [0.29, 0.717) is 29.1 Å². The van der Waals surface area contributed by atoms with Crippen LogP contribution in [0.4, 0.5) is 34.0 Å². The van der Waals surface area contributed by atoms with Gasteiger partial charge in [-0.1, -0.05) is 12.1 Å². The number of nitrogens with zero attached hydrogens (tertiary/aromatic N) is 4. The minimum Gasteiger partial charge on any atom is -0.465 e. The molecule has 0 aliphatic carbocycles. The smallest absolute Gasteiger partial charge is 0.407 e. The predicted molar refractivity (Wildman–Crippen MR) is 163 cm³/mol. The molecular formula is C30H30F4N6O5S. The molecule has 0 bridgehead atoms. The van der Waals surface area contributed by atoms with Crippen LogP contribution in [0.15, 0.2) is 54.9 Å². The minimum absolute atomic E-state index is 0.0504. The molecule has 16 heteroatoms. The summed E-state index contributed by atoms with van der Waals surface area (Å²) in [7, 11) is -4.33. The molecule has 1 fully saturated rings. The molecular weight excluding hydrogens is 632 g/mol. The molecule has 3 N–H and O–H groups in total. The molecule has 1 aliphatic rings. The first kappa shape index (κ1) is 32.7. The third-order valence-corrected chi connectivity index (χ3v) is 8.53. The van der Waals surface area contributed by atoms with E-state index in [1.165, 1.54) is 24.5 Å². The zero-order valence-electron chi connectivity index (χ0n) is 24.7. The van der Waals surface area contributed by atoms with Gasteiger partial charge in [0.1, 0.15) is 17.7 Å². The Morgan fingerprint density at radius 3 is 2.61 bits per heavy atom. The van der Waals surface area contributed by atoms with Crippen LogP contribution in [0.3, 0.4) is 0 Å². The van der Waals surface area contributed by atoms with Crippen molar-refractivity contribution in [1.82, 2.24) is 19.9 Å². The highest BCUT2D eigenvalue weighted by molar-refractivity contribution is 7.92. The van der Waals surface area contributed by atoms with Gasteiger partial charge in [-0.3, -0.25) is 4.72 Å². The van der Waals surface area contributed by atoms with Gasteiger partial charge in [0.05, 0.1) is 29.2 Å². The quantitative estimate of drug-likeness (QED) is 0.168. The number of anilines is 2. The zero-order valence-corrected chi connectivity index (χ0v) is 25.5. The third kappa shape index (κ3) is 7.73. The van der Waals surface area contributed by atoms with Gasteiger partial charge in [0.15, 0.2) is 0 Å². The molecule has 5 rings (SSSR count). The van der Waals surface area contributed by atoms with E-state index in [1.54, 1.807) is 31.2 Å². The van der Waals surface area contributed by atoms with Gasteiger partial charge >= 0.3 is 6.09 Å². The average Bonchev–Trinajstić information content (AvgIpc) is 2.99. The van der Waals surface area contributed by atoms with Crippen molar-refractivity contribution in [2.75, 3.05) is 28.9 Å². The molecule has 11 nitrogen and oxygen atoms in total. The number of aromatic nitrogens is 3. The number of nitrogens with one attached hydrogen (secondary N) is 2. The highest BCUT2D eigenvalue weighted by atomic mass is 32.2. The van der Waals surface area contributed by atoms with Crippen molar-refractivity contribution in [2.45, 2.75) is 44.8 Å². The zero-order chi connectivity index (χ0) is 33.2.